The van der Waals surface area contributed by atoms with Crippen LogP contribution in [0.3, 0.4) is 0 Å². The summed E-state index contributed by atoms with van der Waals surface area (Å²) in [7, 11) is 0. The number of carbonyl (C=O) groups is 1. The van der Waals surface area contributed by atoms with Crippen molar-refractivity contribution in [3.05, 3.63) is 60.6 Å². The molecule has 1 aliphatic rings. The Labute approximate surface area is 167 Å². The number of pyridine rings is 1. The van der Waals surface area contributed by atoms with Crippen LogP contribution in [-0.2, 0) is 6.54 Å². The standard InChI is InChI=1S/C19H19N5O2.BrH/c25-19(26)24-10-8-23(9-11-24)18-12-20-17-14-22(7-6-16(17)21-18)13-15-4-2-1-3-5-15;/h1-7,12,14H,8-11,13H2;1H. The molecule has 8 heteroatoms. The minimum atomic E-state index is -0.864. The Hall–Kier alpha value is -2.74. The van der Waals surface area contributed by atoms with Gasteiger partial charge < -0.3 is 31.9 Å². The molecule has 140 valence electrons. The van der Waals surface area contributed by atoms with Crippen LogP contribution in [-0.4, -0.2) is 52.2 Å². The molecule has 3 heterocycles. The summed E-state index contributed by atoms with van der Waals surface area (Å²) in [4.78, 5) is 23.8. The van der Waals surface area contributed by atoms with Gasteiger partial charge in [0.25, 0.3) is 0 Å². The second-order valence-corrected chi connectivity index (χ2v) is 6.36. The summed E-state index contributed by atoms with van der Waals surface area (Å²) in [6.45, 7) is 3.03. The lowest BCUT2D eigenvalue weighted by atomic mass is 10.2. The first-order chi connectivity index (χ1) is 12.7. The average molecular weight is 430 g/mol. The van der Waals surface area contributed by atoms with Crippen molar-refractivity contribution in [2.75, 3.05) is 31.1 Å². The summed E-state index contributed by atoms with van der Waals surface area (Å²) in [6, 6.07) is 12.3. The zero-order valence-electron chi connectivity index (χ0n) is 14.7. The van der Waals surface area contributed by atoms with E-state index in [4.69, 9.17) is 10.1 Å². The number of rotatable bonds is 3. The number of piperazine rings is 1. The number of aromatic nitrogens is 3. The number of amides is 1. The van der Waals surface area contributed by atoms with E-state index < -0.39 is 6.09 Å². The van der Waals surface area contributed by atoms with E-state index in [1.165, 1.54) is 10.5 Å². The fourth-order valence-corrected chi connectivity index (χ4v) is 3.16. The van der Waals surface area contributed by atoms with Crippen LogP contribution in [0.15, 0.2) is 55.0 Å². The van der Waals surface area contributed by atoms with Crippen LogP contribution in [0.25, 0.3) is 11.0 Å². The summed E-state index contributed by atoms with van der Waals surface area (Å²) in [6.07, 6.45) is 4.92. The molecular formula is C19H20BrN5O2. The van der Waals surface area contributed by atoms with Gasteiger partial charge in [-0.15, -0.1) is 0 Å². The summed E-state index contributed by atoms with van der Waals surface area (Å²) in [5.41, 5.74) is 2.92. The normalized spacial score (nSPS) is 14.1. The zero-order valence-corrected chi connectivity index (χ0v) is 16.3. The number of carboxylic acid groups (broad SMARTS) is 1. The first-order valence-electron chi connectivity index (χ1n) is 8.62. The predicted molar refractivity (Wildman–Crippen MR) is 97.1 cm³/mol. The number of hydrogen-bond acceptors (Lipinski definition) is 4. The molecule has 3 aromatic rings. The first kappa shape index (κ1) is 19.0. The van der Waals surface area contributed by atoms with Crippen LogP contribution in [0, 0.1) is 0 Å². The molecule has 0 bridgehead atoms. The molecule has 0 unspecified atom stereocenters. The van der Waals surface area contributed by atoms with E-state index in [0.29, 0.717) is 26.2 Å². The summed E-state index contributed by atoms with van der Waals surface area (Å²) in [5, 5.41) is 9.05. The number of hydrogen-bond donors (Lipinski definition) is 1. The van der Waals surface area contributed by atoms with Crippen molar-refractivity contribution in [2.45, 2.75) is 6.54 Å². The van der Waals surface area contributed by atoms with E-state index in [0.717, 1.165) is 23.4 Å². The van der Waals surface area contributed by atoms with Crippen LogP contribution < -0.4 is 26.4 Å². The average Bonchev–Trinajstić information content (AvgIpc) is 2.68. The van der Waals surface area contributed by atoms with Crippen molar-refractivity contribution in [2.24, 2.45) is 0 Å². The van der Waals surface area contributed by atoms with Crippen molar-refractivity contribution in [1.82, 2.24) is 14.9 Å². The molecule has 0 saturated carbocycles. The lowest BCUT2D eigenvalue weighted by molar-refractivity contribution is -0.687. The van der Waals surface area contributed by atoms with E-state index in [1.807, 2.05) is 36.7 Å². The predicted octanol–water partition coefficient (Wildman–Crippen LogP) is -1.23. The molecule has 0 aliphatic carbocycles. The van der Waals surface area contributed by atoms with Gasteiger partial charge in [-0.3, -0.25) is 0 Å². The van der Waals surface area contributed by atoms with Crippen molar-refractivity contribution in [1.29, 1.82) is 0 Å². The highest BCUT2D eigenvalue weighted by atomic mass is 79.9. The Kier molecular flexibility index (Phi) is 5.85. The Bertz CT molecular complexity index is 930. The first-order valence-corrected chi connectivity index (χ1v) is 8.62. The molecule has 0 atom stereocenters. The monoisotopic (exact) mass is 429 g/mol. The Balaban J connectivity index is 0.00000210. The van der Waals surface area contributed by atoms with Gasteiger partial charge in [0.05, 0.1) is 6.20 Å². The highest BCUT2D eigenvalue weighted by Crippen LogP contribution is 2.16. The van der Waals surface area contributed by atoms with E-state index in [9.17, 15) is 4.79 Å². The van der Waals surface area contributed by atoms with E-state index >= 15 is 0 Å². The topological polar surface area (TPSA) is 73.4 Å². The third-order valence-corrected chi connectivity index (χ3v) is 4.61. The van der Waals surface area contributed by atoms with Crippen LogP contribution in [0.5, 0.6) is 0 Å². The van der Waals surface area contributed by atoms with Crippen LogP contribution in [0.1, 0.15) is 5.56 Å². The zero-order chi connectivity index (χ0) is 17.9. The highest BCUT2D eigenvalue weighted by Gasteiger charge is 2.21. The molecule has 1 amide bonds. The molecule has 7 nitrogen and oxygen atoms in total. The van der Waals surface area contributed by atoms with Crippen molar-refractivity contribution in [3.63, 3.8) is 0 Å². The molecule has 27 heavy (non-hydrogen) atoms. The largest absolute Gasteiger partial charge is 1.00 e. The van der Waals surface area contributed by atoms with Gasteiger partial charge in [0.2, 0.25) is 0 Å². The summed E-state index contributed by atoms with van der Waals surface area (Å²) in [5.74, 6) is 0.795. The van der Waals surface area contributed by atoms with Gasteiger partial charge in [-0.2, -0.15) is 4.57 Å². The third kappa shape index (κ3) is 4.33. The molecule has 4 rings (SSSR count). The molecule has 1 fully saturated rings. The van der Waals surface area contributed by atoms with Gasteiger partial charge in [-0.05, 0) is 0 Å². The van der Waals surface area contributed by atoms with Gasteiger partial charge in [-0.25, -0.2) is 14.8 Å². The quantitative estimate of drug-likeness (QED) is 0.527. The fraction of sp³-hybridized carbons (Fsp3) is 0.263. The second kappa shape index (κ2) is 8.30. The minimum Gasteiger partial charge on any atom is -1.00 e. The van der Waals surface area contributed by atoms with Gasteiger partial charge in [-0.1, -0.05) is 30.3 Å². The third-order valence-electron chi connectivity index (χ3n) is 4.61. The number of anilines is 1. The lowest BCUT2D eigenvalue weighted by Gasteiger charge is -2.33. The number of fused-ring (bicyclic) bond motifs is 1. The second-order valence-electron chi connectivity index (χ2n) is 6.36. The lowest BCUT2D eigenvalue weighted by Crippen LogP contribution is -3.00. The Morgan fingerprint density at radius 3 is 2.52 bits per heavy atom. The van der Waals surface area contributed by atoms with Crippen LogP contribution in [0.4, 0.5) is 10.6 Å². The molecule has 1 aliphatic heterocycles. The minimum absolute atomic E-state index is 0. The molecule has 0 radical (unpaired) electrons. The molecule has 1 N–H and O–H groups in total. The summed E-state index contributed by atoms with van der Waals surface area (Å²) < 4.78 is 2.09. The van der Waals surface area contributed by atoms with E-state index in [-0.39, 0.29) is 17.0 Å². The summed E-state index contributed by atoms with van der Waals surface area (Å²) >= 11 is 0. The molecule has 1 saturated heterocycles. The van der Waals surface area contributed by atoms with Gasteiger partial charge in [0.15, 0.2) is 24.5 Å². The number of benzene rings is 1. The van der Waals surface area contributed by atoms with Crippen molar-refractivity contribution >= 4 is 22.9 Å². The van der Waals surface area contributed by atoms with Gasteiger partial charge >= 0.3 is 6.09 Å². The maximum atomic E-state index is 11.0. The molecule has 1 aromatic carbocycles. The SMILES string of the molecule is O=C(O)N1CCN(c2cnc3c[n+](Cc4ccccc4)ccc3n2)CC1.[Br-]. The van der Waals surface area contributed by atoms with Crippen LogP contribution >= 0.6 is 0 Å². The molecular weight excluding hydrogens is 410 g/mol. The molecule has 2 aromatic heterocycles. The van der Waals surface area contributed by atoms with Crippen LogP contribution in [0.2, 0.25) is 0 Å². The maximum Gasteiger partial charge on any atom is 0.407 e. The number of nitrogens with zero attached hydrogens (tertiary/aromatic N) is 5. The maximum absolute atomic E-state index is 11.0. The molecule has 0 spiro atoms. The van der Waals surface area contributed by atoms with Gasteiger partial charge in [0, 0.05) is 37.8 Å². The van der Waals surface area contributed by atoms with Gasteiger partial charge in [0.1, 0.15) is 11.3 Å². The van der Waals surface area contributed by atoms with Crippen molar-refractivity contribution in [3.8, 4) is 0 Å². The smallest absolute Gasteiger partial charge is 0.407 e. The van der Waals surface area contributed by atoms with E-state index in [1.54, 1.807) is 6.20 Å². The number of halogens is 1. The Morgan fingerprint density at radius 1 is 1.07 bits per heavy atom. The Morgan fingerprint density at radius 2 is 1.81 bits per heavy atom. The van der Waals surface area contributed by atoms with E-state index in [2.05, 4.69) is 26.6 Å². The fourth-order valence-electron chi connectivity index (χ4n) is 3.16. The highest BCUT2D eigenvalue weighted by molar-refractivity contribution is 5.73. The van der Waals surface area contributed by atoms with Crippen molar-refractivity contribution < 1.29 is 31.4 Å².